The number of benzene rings is 1. The number of phenolic OH excluding ortho intramolecular Hbond substituents is 1. The van der Waals surface area contributed by atoms with Crippen LogP contribution in [0, 0.1) is 6.92 Å². The van der Waals surface area contributed by atoms with E-state index in [2.05, 4.69) is 10.5 Å². The van der Waals surface area contributed by atoms with Crippen LogP contribution in [0.5, 0.6) is 5.75 Å². The molecule has 0 saturated heterocycles. The standard InChI is InChI=1S/C10H12N2O2/c1-7-3-4-10(14)9(5-7)6-11-12-8(2)13/h3-6,14H,1-2H3,(H,12,13)/b11-6+. The maximum Gasteiger partial charge on any atom is 0.236 e. The van der Waals surface area contributed by atoms with Gasteiger partial charge in [-0.1, -0.05) is 11.6 Å². The molecular formula is C10H12N2O2. The Hall–Kier alpha value is -1.84. The topological polar surface area (TPSA) is 61.7 Å². The lowest BCUT2D eigenvalue weighted by Crippen LogP contribution is -2.12. The number of aryl methyl sites for hydroxylation is 1. The van der Waals surface area contributed by atoms with Crippen molar-refractivity contribution in [2.75, 3.05) is 0 Å². The highest BCUT2D eigenvalue weighted by atomic mass is 16.3. The Labute approximate surface area is 82.3 Å². The lowest BCUT2D eigenvalue weighted by atomic mass is 10.1. The van der Waals surface area contributed by atoms with E-state index in [-0.39, 0.29) is 11.7 Å². The summed E-state index contributed by atoms with van der Waals surface area (Å²) in [6, 6.07) is 5.16. The van der Waals surface area contributed by atoms with Gasteiger partial charge in [0.1, 0.15) is 5.75 Å². The van der Waals surface area contributed by atoms with Crippen LogP contribution in [0.15, 0.2) is 23.3 Å². The molecule has 4 nitrogen and oxygen atoms in total. The fourth-order valence-corrected chi connectivity index (χ4v) is 0.970. The van der Waals surface area contributed by atoms with Crippen LogP contribution in [-0.4, -0.2) is 17.2 Å². The van der Waals surface area contributed by atoms with Gasteiger partial charge >= 0.3 is 0 Å². The van der Waals surface area contributed by atoms with E-state index in [1.54, 1.807) is 18.2 Å². The van der Waals surface area contributed by atoms with Crippen LogP contribution in [0.1, 0.15) is 18.1 Å². The van der Waals surface area contributed by atoms with Crippen molar-refractivity contribution in [2.24, 2.45) is 5.10 Å². The Morgan fingerprint density at radius 3 is 2.93 bits per heavy atom. The third-order valence-electron chi connectivity index (χ3n) is 1.61. The summed E-state index contributed by atoms with van der Waals surface area (Å²) in [6.07, 6.45) is 1.41. The molecule has 14 heavy (non-hydrogen) atoms. The van der Waals surface area contributed by atoms with Gasteiger partial charge in [-0.2, -0.15) is 5.10 Å². The largest absolute Gasteiger partial charge is 0.507 e. The molecule has 1 amide bonds. The number of hydrazone groups is 1. The first-order valence-corrected chi connectivity index (χ1v) is 4.19. The number of nitrogens with zero attached hydrogens (tertiary/aromatic N) is 1. The second-order valence-electron chi connectivity index (χ2n) is 2.99. The van der Waals surface area contributed by atoms with Gasteiger partial charge in [-0.05, 0) is 19.1 Å². The molecule has 0 spiro atoms. The lowest BCUT2D eigenvalue weighted by molar-refractivity contribution is -0.118. The van der Waals surface area contributed by atoms with Crippen molar-refractivity contribution in [3.8, 4) is 5.75 Å². The minimum atomic E-state index is -0.242. The Kier molecular flexibility index (Phi) is 3.23. The highest BCUT2D eigenvalue weighted by molar-refractivity contribution is 5.84. The maximum absolute atomic E-state index is 10.5. The molecule has 0 heterocycles. The summed E-state index contributed by atoms with van der Waals surface area (Å²) in [6.45, 7) is 3.28. The van der Waals surface area contributed by atoms with Gasteiger partial charge in [0.05, 0.1) is 6.21 Å². The Morgan fingerprint density at radius 2 is 2.29 bits per heavy atom. The van der Waals surface area contributed by atoms with E-state index < -0.39 is 0 Å². The number of amides is 1. The summed E-state index contributed by atoms with van der Waals surface area (Å²) >= 11 is 0. The second kappa shape index (κ2) is 4.41. The molecule has 0 fully saturated rings. The molecule has 1 rings (SSSR count). The normalized spacial score (nSPS) is 10.4. The molecule has 0 atom stereocenters. The van der Waals surface area contributed by atoms with Gasteiger partial charge in [0.25, 0.3) is 0 Å². The molecule has 0 unspecified atom stereocenters. The first-order valence-electron chi connectivity index (χ1n) is 4.19. The molecule has 0 radical (unpaired) electrons. The van der Waals surface area contributed by atoms with Gasteiger partial charge in [0.15, 0.2) is 0 Å². The first-order chi connectivity index (χ1) is 6.59. The fourth-order valence-electron chi connectivity index (χ4n) is 0.970. The third-order valence-corrected chi connectivity index (χ3v) is 1.61. The van der Waals surface area contributed by atoms with E-state index in [1.807, 2.05) is 6.92 Å². The van der Waals surface area contributed by atoms with Gasteiger partial charge in [-0.15, -0.1) is 0 Å². The van der Waals surface area contributed by atoms with Crippen LogP contribution in [-0.2, 0) is 4.79 Å². The molecule has 74 valence electrons. The summed E-state index contributed by atoms with van der Waals surface area (Å²) in [4.78, 5) is 10.5. The van der Waals surface area contributed by atoms with Crippen LogP contribution in [0.25, 0.3) is 0 Å². The predicted molar refractivity (Wildman–Crippen MR) is 54.3 cm³/mol. The van der Waals surface area contributed by atoms with E-state index in [0.29, 0.717) is 5.56 Å². The molecular weight excluding hydrogens is 180 g/mol. The predicted octanol–water partition coefficient (Wildman–Crippen LogP) is 1.17. The summed E-state index contributed by atoms with van der Waals surface area (Å²) in [7, 11) is 0. The first kappa shape index (κ1) is 10.2. The molecule has 1 aromatic carbocycles. The van der Waals surface area contributed by atoms with E-state index in [4.69, 9.17) is 0 Å². The Morgan fingerprint density at radius 1 is 1.57 bits per heavy atom. The molecule has 0 aliphatic heterocycles. The van der Waals surface area contributed by atoms with Crippen molar-refractivity contribution in [3.05, 3.63) is 29.3 Å². The number of hydrogen-bond acceptors (Lipinski definition) is 3. The van der Waals surface area contributed by atoms with Crippen LogP contribution >= 0.6 is 0 Å². The van der Waals surface area contributed by atoms with Crippen molar-refractivity contribution in [1.29, 1.82) is 0 Å². The van der Waals surface area contributed by atoms with Crippen LogP contribution in [0.4, 0.5) is 0 Å². The monoisotopic (exact) mass is 192 g/mol. The average molecular weight is 192 g/mol. The Balaban J connectivity index is 2.80. The number of carbonyl (C=O) groups excluding carboxylic acids is 1. The van der Waals surface area contributed by atoms with Crippen molar-refractivity contribution in [2.45, 2.75) is 13.8 Å². The summed E-state index contributed by atoms with van der Waals surface area (Å²) in [5.41, 5.74) is 3.86. The minimum absolute atomic E-state index is 0.143. The average Bonchev–Trinajstić information content (AvgIpc) is 2.10. The van der Waals surface area contributed by atoms with Gasteiger partial charge in [-0.25, -0.2) is 5.43 Å². The minimum Gasteiger partial charge on any atom is -0.507 e. The number of nitrogens with one attached hydrogen (secondary N) is 1. The van der Waals surface area contributed by atoms with Gasteiger partial charge in [0, 0.05) is 12.5 Å². The van der Waals surface area contributed by atoms with Crippen molar-refractivity contribution in [1.82, 2.24) is 5.43 Å². The molecule has 0 bridgehead atoms. The summed E-state index contributed by atoms with van der Waals surface area (Å²) < 4.78 is 0. The number of carbonyl (C=O) groups is 1. The van der Waals surface area contributed by atoms with E-state index in [1.165, 1.54) is 13.1 Å². The van der Waals surface area contributed by atoms with E-state index in [0.717, 1.165) is 5.56 Å². The van der Waals surface area contributed by atoms with E-state index >= 15 is 0 Å². The SMILES string of the molecule is CC(=O)N/N=C/c1cc(C)ccc1O. The number of phenols is 1. The quantitative estimate of drug-likeness (QED) is 0.545. The van der Waals surface area contributed by atoms with Crippen molar-refractivity contribution >= 4 is 12.1 Å². The molecule has 4 heteroatoms. The Bertz CT molecular complexity index is 372. The lowest BCUT2D eigenvalue weighted by Gasteiger charge is -1.99. The molecule has 0 aliphatic carbocycles. The highest BCUT2D eigenvalue weighted by Crippen LogP contribution is 2.15. The zero-order valence-electron chi connectivity index (χ0n) is 8.11. The van der Waals surface area contributed by atoms with E-state index in [9.17, 15) is 9.90 Å². The highest BCUT2D eigenvalue weighted by Gasteiger charge is 1.97. The van der Waals surface area contributed by atoms with Crippen LogP contribution < -0.4 is 5.43 Å². The molecule has 1 aromatic rings. The number of rotatable bonds is 2. The second-order valence-corrected chi connectivity index (χ2v) is 2.99. The van der Waals surface area contributed by atoms with Gasteiger partial charge in [0.2, 0.25) is 5.91 Å². The molecule has 0 aromatic heterocycles. The van der Waals surface area contributed by atoms with Gasteiger partial charge in [-0.3, -0.25) is 4.79 Å². The summed E-state index contributed by atoms with van der Waals surface area (Å²) in [5.74, 6) is -0.0990. The number of hydrogen-bond donors (Lipinski definition) is 2. The number of aromatic hydroxyl groups is 1. The van der Waals surface area contributed by atoms with Crippen molar-refractivity contribution in [3.63, 3.8) is 0 Å². The van der Waals surface area contributed by atoms with Gasteiger partial charge < -0.3 is 5.11 Å². The maximum atomic E-state index is 10.5. The fraction of sp³-hybridized carbons (Fsp3) is 0.200. The smallest absolute Gasteiger partial charge is 0.236 e. The molecule has 0 saturated carbocycles. The molecule has 2 N–H and O–H groups in total. The molecule has 0 aliphatic rings. The zero-order chi connectivity index (χ0) is 10.6. The summed E-state index contributed by atoms with van der Waals surface area (Å²) in [5, 5.41) is 13.1. The van der Waals surface area contributed by atoms with Crippen LogP contribution in [0.2, 0.25) is 0 Å². The zero-order valence-corrected chi connectivity index (χ0v) is 8.11. The van der Waals surface area contributed by atoms with Crippen LogP contribution in [0.3, 0.4) is 0 Å². The van der Waals surface area contributed by atoms with Crippen molar-refractivity contribution < 1.29 is 9.90 Å². The third kappa shape index (κ3) is 2.90.